The summed E-state index contributed by atoms with van der Waals surface area (Å²) in [6, 6.07) is 0.547. The van der Waals surface area contributed by atoms with Gasteiger partial charge in [-0.15, -0.1) is 0 Å². The average molecular weight is 196 g/mol. The average Bonchev–Trinajstić information content (AvgIpc) is 2.87. The Morgan fingerprint density at radius 3 is 2.50 bits per heavy atom. The third-order valence-electron chi connectivity index (χ3n) is 3.37. The number of hydrogen-bond donors (Lipinski definition) is 2. The van der Waals surface area contributed by atoms with Crippen molar-refractivity contribution in [1.29, 1.82) is 0 Å². The van der Waals surface area contributed by atoms with Gasteiger partial charge in [-0.05, 0) is 31.6 Å². The Balaban J connectivity index is 1.66. The van der Waals surface area contributed by atoms with Gasteiger partial charge in [0.1, 0.15) is 0 Å². The van der Waals surface area contributed by atoms with Crippen LogP contribution in [0.1, 0.15) is 44.9 Å². The molecule has 0 heterocycles. The van der Waals surface area contributed by atoms with E-state index in [-0.39, 0.29) is 11.9 Å². The van der Waals surface area contributed by atoms with Gasteiger partial charge in [-0.2, -0.15) is 0 Å². The van der Waals surface area contributed by atoms with E-state index >= 15 is 0 Å². The Kier molecular flexibility index (Phi) is 3.06. The topological polar surface area (TPSA) is 55.1 Å². The van der Waals surface area contributed by atoms with Crippen LogP contribution in [0.2, 0.25) is 0 Å². The van der Waals surface area contributed by atoms with E-state index in [4.69, 9.17) is 5.73 Å². The lowest BCUT2D eigenvalue weighted by atomic mass is 10.1. The van der Waals surface area contributed by atoms with Crippen LogP contribution in [0.25, 0.3) is 0 Å². The van der Waals surface area contributed by atoms with E-state index in [1.54, 1.807) is 0 Å². The van der Waals surface area contributed by atoms with Crippen LogP contribution in [0.3, 0.4) is 0 Å². The van der Waals surface area contributed by atoms with Crippen LogP contribution in [0, 0.1) is 5.92 Å². The van der Waals surface area contributed by atoms with Crippen molar-refractivity contribution in [3.63, 3.8) is 0 Å². The van der Waals surface area contributed by atoms with Crippen molar-refractivity contribution in [3.05, 3.63) is 0 Å². The number of carbonyl (C=O) groups is 1. The first-order valence-electron chi connectivity index (χ1n) is 5.80. The van der Waals surface area contributed by atoms with Gasteiger partial charge in [-0.1, -0.05) is 12.8 Å². The fourth-order valence-corrected chi connectivity index (χ4v) is 2.26. The maximum absolute atomic E-state index is 11.6. The van der Waals surface area contributed by atoms with Crippen molar-refractivity contribution >= 4 is 5.91 Å². The van der Waals surface area contributed by atoms with Gasteiger partial charge in [0, 0.05) is 18.5 Å². The highest BCUT2D eigenvalue weighted by atomic mass is 16.1. The van der Waals surface area contributed by atoms with Crippen LogP contribution in [0.5, 0.6) is 0 Å². The number of amides is 1. The van der Waals surface area contributed by atoms with E-state index < -0.39 is 0 Å². The number of carbonyl (C=O) groups excluding carboxylic acids is 1. The van der Waals surface area contributed by atoms with Gasteiger partial charge in [0.15, 0.2) is 0 Å². The van der Waals surface area contributed by atoms with E-state index in [0.29, 0.717) is 18.4 Å². The second-order valence-corrected chi connectivity index (χ2v) is 4.75. The molecule has 1 unspecified atom stereocenters. The smallest absolute Gasteiger partial charge is 0.221 e. The lowest BCUT2D eigenvalue weighted by molar-refractivity contribution is -0.122. The molecule has 2 fully saturated rings. The van der Waals surface area contributed by atoms with Crippen LogP contribution < -0.4 is 11.1 Å². The third kappa shape index (κ3) is 2.71. The third-order valence-corrected chi connectivity index (χ3v) is 3.37. The van der Waals surface area contributed by atoms with Gasteiger partial charge in [-0.25, -0.2) is 0 Å². The lowest BCUT2D eigenvalue weighted by Crippen LogP contribution is -2.37. The summed E-state index contributed by atoms with van der Waals surface area (Å²) in [5.41, 5.74) is 5.89. The molecule has 3 heteroatoms. The summed E-state index contributed by atoms with van der Waals surface area (Å²) in [5.74, 6) is 0.792. The van der Waals surface area contributed by atoms with Crippen LogP contribution in [0.4, 0.5) is 0 Å². The van der Waals surface area contributed by atoms with E-state index in [0.717, 1.165) is 12.8 Å². The molecule has 3 N–H and O–H groups in total. The van der Waals surface area contributed by atoms with E-state index in [2.05, 4.69) is 5.32 Å². The molecular weight excluding hydrogens is 176 g/mol. The number of nitrogens with one attached hydrogen (secondary N) is 1. The zero-order valence-corrected chi connectivity index (χ0v) is 8.67. The molecule has 1 amide bonds. The maximum atomic E-state index is 11.6. The molecule has 2 aliphatic rings. The van der Waals surface area contributed by atoms with E-state index in [9.17, 15) is 4.79 Å². The van der Waals surface area contributed by atoms with E-state index in [1.807, 2.05) is 0 Å². The molecular formula is C11H20N2O. The molecule has 0 radical (unpaired) electrons. The molecule has 1 atom stereocenters. The van der Waals surface area contributed by atoms with Crippen molar-refractivity contribution < 1.29 is 4.79 Å². The minimum Gasteiger partial charge on any atom is -0.353 e. The number of hydrogen-bond acceptors (Lipinski definition) is 2. The second kappa shape index (κ2) is 4.30. The Morgan fingerprint density at radius 2 is 1.93 bits per heavy atom. The van der Waals surface area contributed by atoms with Gasteiger partial charge in [0.25, 0.3) is 0 Å². The minimum atomic E-state index is 0.108. The maximum Gasteiger partial charge on any atom is 0.221 e. The Labute approximate surface area is 85.4 Å². The van der Waals surface area contributed by atoms with Crippen molar-refractivity contribution in [1.82, 2.24) is 5.32 Å². The number of rotatable bonds is 4. The molecule has 0 spiro atoms. The van der Waals surface area contributed by atoms with Crippen molar-refractivity contribution in [2.24, 2.45) is 11.7 Å². The quantitative estimate of drug-likeness (QED) is 0.709. The van der Waals surface area contributed by atoms with Crippen LogP contribution in [-0.4, -0.2) is 18.0 Å². The molecule has 0 saturated heterocycles. The SMILES string of the molecule is NC(CC(=O)NC1CCCC1)C1CC1. The molecule has 0 aliphatic heterocycles. The molecule has 0 aromatic rings. The van der Waals surface area contributed by atoms with Crippen LogP contribution >= 0.6 is 0 Å². The van der Waals surface area contributed by atoms with Gasteiger partial charge in [0.2, 0.25) is 5.91 Å². The fourth-order valence-electron chi connectivity index (χ4n) is 2.26. The molecule has 14 heavy (non-hydrogen) atoms. The van der Waals surface area contributed by atoms with E-state index in [1.165, 1.54) is 25.7 Å². The molecule has 0 bridgehead atoms. The summed E-state index contributed by atoms with van der Waals surface area (Å²) in [7, 11) is 0. The molecule has 0 aromatic heterocycles. The summed E-state index contributed by atoms with van der Waals surface area (Å²) in [6.45, 7) is 0. The molecule has 2 saturated carbocycles. The highest BCUT2D eigenvalue weighted by Gasteiger charge is 2.30. The lowest BCUT2D eigenvalue weighted by Gasteiger charge is -2.14. The Bertz CT molecular complexity index is 201. The highest BCUT2D eigenvalue weighted by Crippen LogP contribution is 2.32. The fraction of sp³-hybridized carbons (Fsp3) is 0.909. The Hall–Kier alpha value is -0.570. The summed E-state index contributed by atoms with van der Waals surface area (Å²) >= 11 is 0. The molecule has 2 aliphatic carbocycles. The zero-order valence-electron chi connectivity index (χ0n) is 8.67. The number of nitrogens with two attached hydrogens (primary N) is 1. The first-order valence-corrected chi connectivity index (χ1v) is 5.80. The predicted octanol–water partition coefficient (Wildman–Crippen LogP) is 1.17. The monoisotopic (exact) mass is 196 g/mol. The predicted molar refractivity (Wildman–Crippen MR) is 55.7 cm³/mol. The minimum absolute atomic E-state index is 0.108. The zero-order chi connectivity index (χ0) is 9.97. The van der Waals surface area contributed by atoms with Gasteiger partial charge in [0.05, 0.1) is 0 Å². The van der Waals surface area contributed by atoms with Crippen molar-refractivity contribution in [2.75, 3.05) is 0 Å². The second-order valence-electron chi connectivity index (χ2n) is 4.75. The summed E-state index contributed by atoms with van der Waals surface area (Å²) < 4.78 is 0. The summed E-state index contributed by atoms with van der Waals surface area (Å²) in [4.78, 5) is 11.6. The normalized spacial score (nSPS) is 24.9. The summed E-state index contributed by atoms with van der Waals surface area (Å²) in [5, 5.41) is 3.07. The van der Waals surface area contributed by atoms with Crippen molar-refractivity contribution in [2.45, 2.75) is 57.0 Å². The Morgan fingerprint density at radius 1 is 1.29 bits per heavy atom. The largest absolute Gasteiger partial charge is 0.353 e. The van der Waals surface area contributed by atoms with Gasteiger partial charge in [-0.3, -0.25) is 4.79 Å². The molecule has 2 rings (SSSR count). The van der Waals surface area contributed by atoms with Crippen molar-refractivity contribution in [3.8, 4) is 0 Å². The van der Waals surface area contributed by atoms with Crippen LogP contribution in [0.15, 0.2) is 0 Å². The summed E-state index contributed by atoms with van der Waals surface area (Å²) in [6.07, 6.45) is 7.81. The molecule has 80 valence electrons. The van der Waals surface area contributed by atoms with Crippen LogP contribution in [-0.2, 0) is 4.79 Å². The first-order chi connectivity index (χ1) is 6.75. The highest BCUT2D eigenvalue weighted by molar-refractivity contribution is 5.77. The molecule has 3 nitrogen and oxygen atoms in total. The van der Waals surface area contributed by atoms with Gasteiger partial charge < -0.3 is 11.1 Å². The standard InChI is InChI=1S/C11H20N2O/c12-10(8-5-6-8)7-11(14)13-9-3-1-2-4-9/h8-10H,1-7,12H2,(H,13,14). The van der Waals surface area contributed by atoms with Gasteiger partial charge >= 0.3 is 0 Å². The molecule has 0 aromatic carbocycles. The first kappa shape index (κ1) is 9.97.